The number of hydrogen-bond acceptors (Lipinski definition) is 8. The smallest absolute Gasteiger partial charge is 0.424 e. The van der Waals surface area contributed by atoms with Gasteiger partial charge in [0.1, 0.15) is 11.2 Å². The van der Waals surface area contributed by atoms with Crippen molar-refractivity contribution in [2.75, 3.05) is 30.8 Å². The second-order valence-corrected chi connectivity index (χ2v) is 15.6. The maximum absolute atomic E-state index is 15.0. The summed E-state index contributed by atoms with van der Waals surface area (Å²) in [6.45, 7) is 11.6. The maximum atomic E-state index is 15.0. The number of carbonyl (C=O) groups excluding carboxylic acids is 3. The summed E-state index contributed by atoms with van der Waals surface area (Å²) in [5.74, 6) is -1.56. The third-order valence-electron chi connectivity index (χ3n) is 5.01. The number of methoxy groups -OCH3 is 1. The predicted molar refractivity (Wildman–Crippen MR) is 149 cm³/mol. The van der Waals surface area contributed by atoms with E-state index in [0.29, 0.717) is 0 Å². The number of anilines is 1. The van der Waals surface area contributed by atoms with Crippen LogP contribution < -0.4 is 4.90 Å². The molecule has 0 spiro atoms. The van der Waals surface area contributed by atoms with Gasteiger partial charge in [0, 0.05) is 0 Å². The lowest BCUT2D eigenvalue weighted by Gasteiger charge is -2.43. The Kier molecular flexibility index (Phi) is 11.4. The summed E-state index contributed by atoms with van der Waals surface area (Å²) in [4.78, 5) is 42.8. The zero-order valence-electron chi connectivity index (χ0n) is 25.7. The predicted octanol–water partition coefficient (Wildman–Crippen LogP) is 7.91. The SMILES string of the molecule is C=CCCC(OS(C)(C)C)(c1nc(C(=O)OC)c(N(C(=O)OC(C)(C)C)C(=O)OC(C)(C)C)cc1C(F)(F)F)C(F)(F)F. The maximum Gasteiger partial charge on any atom is 0.424 e. The van der Waals surface area contributed by atoms with Gasteiger partial charge < -0.3 is 18.4 Å². The number of pyridine rings is 1. The van der Waals surface area contributed by atoms with Crippen LogP contribution in [0.4, 0.5) is 41.6 Å². The van der Waals surface area contributed by atoms with Crippen LogP contribution in [0.15, 0.2) is 18.7 Å². The first-order valence-corrected chi connectivity index (χ1v) is 15.4. The van der Waals surface area contributed by atoms with Gasteiger partial charge in [-0.15, -0.1) is 16.9 Å². The van der Waals surface area contributed by atoms with E-state index in [1.165, 1.54) is 60.3 Å². The number of aromatic nitrogens is 1. The van der Waals surface area contributed by atoms with Gasteiger partial charge in [0.05, 0.1) is 24.1 Å². The Morgan fingerprint density at radius 2 is 1.40 bits per heavy atom. The van der Waals surface area contributed by atoms with Crippen molar-refractivity contribution in [1.82, 2.24) is 4.98 Å². The number of carbonyl (C=O) groups is 3. The Morgan fingerprint density at radius 1 is 0.930 bits per heavy atom. The van der Waals surface area contributed by atoms with E-state index >= 15 is 0 Å². The summed E-state index contributed by atoms with van der Waals surface area (Å²) in [5, 5.41) is 0. The lowest BCUT2D eigenvalue weighted by atomic mass is 9.88. The number of esters is 1. The molecule has 1 atom stereocenters. The van der Waals surface area contributed by atoms with E-state index in [2.05, 4.69) is 16.3 Å². The van der Waals surface area contributed by atoms with Gasteiger partial charge in [-0.3, -0.25) is 0 Å². The molecule has 0 radical (unpaired) electrons. The fourth-order valence-corrected chi connectivity index (χ4v) is 4.70. The molecule has 0 aliphatic rings. The van der Waals surface area contributed by atoms with Crippen molar-refractivity contribution in [3.05, 3.63) is 35.7 Å². The van der Waals surface area contributed by atoms with E-state index < -0.39 is 93.1 Å². The van der Waals surface area contributed by atoms with Crippen molar-refractivity contribution in [3.8, 4) is 0 Å². The van der Waals surface area contributed by atoms with E-state index in [1.54, 1.807) is 0 Å². The lowest BCUT2D eigenvalue weighted by Crippen LogP contribution is -2.48. The average Bonchev–Trinajstić information content (AvgIpc) is 2.76. The van der Waals surface area contributed by atoms with Crippen LogP contribution in [0.2, 0.25) is 0 Å². The summed E-state index contributed by atoms with van der Waals surface area (Å²) in [6, 6.07) is 0.0260. The van der Waals surface area contributed by atoms with Gasteiger partial charge in [0.15, 0.2) is 5.69 Å². The van der Waals surface area contributed by atoms with E-state index in [1.807, 2.05) is 0 Å². The fourth-order valence-electron chi connectivity index (χ4n) is 3.59. The first-order valence-electron chi connectivity index (χ1n) is 12.6. The minimum atomic E-state index is -5.57. The van der Waals surface area contributed by atoms with E-state index in [-0.39, 0.29) is 11.0 Å². The van der Waals surface area contributed by atoms with Crippen molar-refractivity contribution >= 4 is 34.2 Å². The Balaban J connectivity index is 4.48. The zero-order valence-corrected chi connectivity index (χ0v) is 26.5. The molecule has 1 aromatic rings. The molecule has 1 aromatic heterocycles. The van der Waals surface area contributed by atoms with Crippen LogP contribution in [0.1, 0.15) is 76.1 Å². The van der Waals surface area contributed by atoms with Crippen molar-refractivity contribution in [1.29, 1.82) is 0 Å². The topological polar surface area (TPSA) is 104 Å². The van der Waals surface area contributed by atoms with Crippen molar-refractivity contribution < 1.29 is 59.1 Å². The molecule has 0 saturated heterocycles. The Bertz CT molecular complexity index is 1190. The normalized spacial score (nSPS) is 14.8. The summed E-state index contributed by atoms with van der Waals surface area (Å²) in [6.07, 6.45) is -11.0. The molecule has 16 heteroatoms. The van der Waals surface area contributed by atoms with Crippen molar-refractivity contribution in [3.63, 3.8) is 0 Å². The molecule has 0 N–H and O–H groups in total. The number of rotatable bonds is 8. The highest BCUT2D eigenvalue weighted by atomic mass is 32.3. The standard InChI is InChI=1S/C27H38F6N2O7S/c1-12-13-14-25(27(31,32)33,42-43(9,10)11)19-16(26(28,29)30)15-17(18(34-19)20(36)39-8)35(21(37)40-23(2,3)4)22(38)41-24(5,6)7/h12,15H,1,13-14H2,2-11H3. The van der Waals surface area contributed by atoms with Crippen LogP contribution in [0.3, 0.4) is 0 Å². The number of amides is 2. The second kappa shape index (κ2) is 12.9. The number of halogens is 6. The van der Waals surface area contributed by atoms with Crippen LogP contribution in [0, 0.1) is 0 Å². The Morgan fingerprint density at radius 3 is 1.72 bits per heavy atom. The zero-order chi connectivity index (χ0) is 34.0. The third-order valence-corrected chi connectivity index (χ3v) is 5.80. The van der Waals surface area contributed by atoms with Crippen molar-refractivity contribution in [2.45, 2.75) is 83.5 Å². The fraction of sp³-hybridized carbons (Fsp3) is 0.630. The van der Waals surface area contributed by atoms with Gasteiger partial charge in [-0.1, -0.05) is 6.08 Å². The molecule has 9 nitrogen and oxygen atoms in total. The highest BCUT2D eigenvalue weighted by molar-refractivity contribution is 8.28. The highest BCUT2D eigenvalue weighted by Gasteiger charge is 2.62. The van der Waals surface area contributed by atoms with Crippen LogP contribution in [-0.4, -0.2) is 66.4 Å². The van der Waals surface area contributed by atoms with Gasteiger partial charge in [-0.2, -0.15) is 31.2 Å². The monoisotopic (exact) mass is 648 g/mol. The van der Waals surface area contributed by atoms with Crippen molar-refractivity contribution in [2.24, 2.45) is 0 Å². The number of ether oxygens (including phenoxy) is 3. The number of allylic oxidation sites excluding steroid dienone is 1. The third kappa shape index (κ3) is 10.0. The molecule has 2 amide bonds. The molecule has 1 rings (SSSR count). The van der Waals surface area contributed by atoms with Gasteiger partial charge in [0.25, 0.3) is 0 Å². The molecule has 246 valence electrons. The van der Waals surface area contributed by atoms with Crippen LogP contribution in [0.25, 0.3) is 0 Å². The summed E-state index contributed by atoms with van der Waals surface area (Å²) < 4.78 is 109. The molecule has 0 aliphatic heterocycles. The summed E-state index contributed by atoms with van der Waals surface area (Å²) in [5.41, 5.74) is -12.5. The van der Waals surface area contributed by atoms with Gasteiger partial charge in [-0.25, -0.2) is 19.4 Å². The second-order valence-electron chi connectivity index (χ2n) is 12.0. The number of imide groups is 1. The molecule has 0 aliphatic carbocycles. The van der Waals surface area contributed by atoms with Gasteiger partial charge in [0.2, 0.25) is 5.60 Å². The molecular weight excluding hydrogens is 610 g/mol. The Hall–Kier alpha value is -3.01. The van der Waals surface area contributed by atoms with E-state index in [0.717, 1.165) is 13.2 Å². The molecule has 0 fully saturated rings. The number of alkyl halides is 6. The first-order chi connectivity index (χ1) is 19.1. The van der Waals surface area contributed by atoms with E-state index in [9.17, 15) is 40.7 Å². The van der Waals surface area contributed by atoms with Crippen LogP contribution >= 0.6 is 10.3 Å². The molecular formula is C27H38F6N2O7S. The van der Waals surface area contributed by atoms with Crippen LogP contribution in [-0.2, 0) is 30.2 Å². The molecule has 1 unspecified atom stereocenters. The molecule has 0 saturated carbocycles. The molecule has 0 bridgehead atoms. The van der Waals surface area contributed by atoms with Gasteiger partial charge in [-0.05, 0) is 79.2 Å². The van der Waals surface area contributed by atoms with Crippen LogP contribution in [0.5, 0.6) is 0 Å². The number of nitrogens with zero attached hydrogens (tertiary/aromatic N) is 2. The quantitative estimate of drug-likeness (QED) is 0.121. The number of hydrogen-bond donors (Lipinski definition) is 0. The average molecular weight is 649 g/mol. The minimum absolute atomic E-state index is 0.0260. The first kappa shape index (κ1) is 38.0. The summed E-state index contributed by atoms with van der Waals surface area (Å²) in [7, 11) is -1.90. The minimum Gasteiger partial charge on any atom is -0.464 e. The van der Waals surface area contributed by atoms with E-state index in [4.69, 9.17) is 13.7 Å². The largest absolute Gasteiger partial charge is 0.464 e. The lowest BCUT2D eigenvalue weighted by molar-refractivity contribution is -0.257. The van der Waals surface area contributed by atoms with Gasteiger partial charge >= 0.3 is 30.5 Å². The summed E-state index contributed by atoms with van der Waals surface area (Å²) >= 11 is 0. The molecule has 1 heterocycles. The molecule has 0 aromatic carbocycles. The molecule has 43 heavy (non-hydrogen) atoms. The Labute approximate surface area is 248 Å². The highest BCUT2D eigenvalue weighted by Crippen LogP contribution is 2.56.